The number of likely N-dealkylation sites (N-methyl/N-ethyl adjacent to an activating group) is 1. The first-order chi connectivity index (χ1) is 10.5. The first-order valence-electron chi connectivity index (χ1n) is 6.76. The van der Waals surface area contributed by atoms with Crippen LogP contribution in [0.3, 0.4) is 0 Å². The number of hydrogen-bond donors (Lipinski definition) is 1. The average molecular weight is 373 g/mol. The largest absolute Gasteiger partial charge is 0.336 e. The zero-order valence-electron chi connectivity index (χ0n) is 12.8. The lowest BCUT2D eigenvalue weighted by Crippen LogP contribution is -2.40. The molecule has 0 radical (unpaired) electrons. The number of rotatable bonds is 5. The van der Waals surface area contributed by atoms with E-state index in [4.69, 9.17) is 17.3 Å². The quantitative estimate of drug-likeness (QED) is 0.872. The third-order valence-electron chi connectivity index (χ3n) is 3.23. The van der Waals surface area contributed by atoms with E-state index in [0.717, 1.165) is 4.90 Å². The Morgan fingerprint density at radius 2 is 2.00 bits per heavy atom. The Labute approximate surface area is 151 Å². The summed E-state index contributed by atoms with van der Waals surface area (Å²) in [5.41, 5.74) is 5.86. The Morgan fingerprint density at radius 1 is 1.30 bits per heavy atom. The van der Waals surface area contributed by atoms with Gasteiger partial charge in [-0.15, -0.1) is 22.6 Å². The number of amides is 1. The molecule has 5 nitrogen and oxygen atoms in total. The van der Waals surface area contributed by atoms with E-state index in [1.807, 2.05) is 31.2 Å². The van der Waals surface area contributed by atoms with Crippen LogP contribution in [0.2, 0.25) is 5.02 Å². The number of hydrogen-bond acceptors (Lipinski definition) is 5. The van der Waals surface area contributed by atoms with Crippen molar-refractivity contribution in [2.75, 3.05) is 13.6 Å². The van der Waals surface area contributed by atoms with E-state index >= 15 is 0 Å². The molecule has 124 valence electrons. The van der Waals surface area contributed by atoms with Crippen molar-refractivity contribution < 1.29 is 4.79 Å². The summed E-state index contributed by atoms with van der Waals surface area (Å²) in [4.78, 5) is 14.7. The van der Waals surface area contributed by atoms with Crippen LogP contribution in [0.25, 0.3) is 0 Å². The average Bonchev–Trinajstić information content (AvgIpc) is 2.55. The molecule has 2 N–H and O–H groups in total. The van der Waals surface area contributed by atoms with Crippen LogP contribution in [0.4, 0.5) is 0 Å². The van der Waals surface area contributed by atoms with Gasteiger partial charge in [0.1, 0.15) is 5.03 Å². The first kappa shape index (κ1) is 19.7. The highest BCUT2D eigenvalue weighted by Crippen LogP contribution is 2.31. The number of halogens is 2. The molecule has 1 heterocycles. The maximum Gasteiger partial charge on any atom is 0.274 e. The van der Waals surface area contributed by atoms with Crippen molar-refractivity contribution in [2.45, 2.75) is 22.9 Å². The van der Waals surface area contributed by atoms with Gasteiger partial charge in [0, 0.05) is 24.5 Å². The first-order valence-corrected chi connectivity index (χ1v) is 7.95. The maximum absolute atomic E-state index is 12.2. The summed E-state index contributed by atoms with van der Waals surface area (Å²) in [6, 6.07) is 10.9. The lowest BCUT2D eigenvalue weighted by atomic mass is 10.2. The summed E-state index contributed by atoms with van der Waals surface area (Å²) in [7, 11) is 1.70. The van der Waals surface area contributed by atoms with Crippen LogP contribution in [0.5, 0.6) is 0 Å². The Kier molecular flexibility index (Phi) is 7.78. The van der Waals surface area contributed by atoms with Gasteiger partial charge in [-0.25, -0.2) is 0 Å². The molecule has 2 rings (SSSR count). The van der Waals surface area contributed by atoms with E-state index in [1.165, 1.54) is 11.8 Å². The third kappa shape index (κ3) is 5.07. The highest BCUT2D eigenvalue weighted by atomic mass is 35.5. The molecule has 0 saturated heterocycles. The van der Waals surface area contributed by atoms with Crippen molar-refractivity contribution in [3.8, 4) is 0 Å². The molecule has 0 spiro atoms. The Bertz CT molecular complexity index is 654. The SMILES string of the molecule is CC(CN)N(C)C(=O)c1ccc(Sc2ccccc2Cl)nn1.Cl. The van der Waals surface area contributed by atoms with Gasteiger partial charge in [-0.2, -0.15) is 0 Å². The Hall–Kier alpha value is -1.34. The summed E-state index contributed by atoms with van der Waals surface area (Å²) in [5.74, 6) is -0.195. The third-order valence-corrected chi connectivity index (χ3v) is 4.68. The summed E-state index contributed by atoms with van der Waals surface area (Å²) < 4.78 is 0. The molecule has 1 aromatic carbocycles. The summed E-state index contributed by atoms with van der Waals surface area (Å²) in [6.07, 6.45) is 0. The van der Waals surface area contributed by atoms with Gasteiger partial charge in [0.25, 0.3) is 5.91 Å². The molecular weight excluding hydrogens is 355 g/mol. The number of nitrogens with zero attached hydrogens (tertiary/aromatic N) is 3. The Morgan fingerprint density at radius 3 is 2.57 bits per heavy atom. The topological polar surface area (TPSA) is 72.1 Å². The smallest absolute Gasteiger partial charge is 0.274 e. The zero-order valence-corrected chi connectivity index (χ0v) is 15.2. The van der Waals surface area contributed by atoms with Gasteiger partial charge >= 0.3 is 0 Å². The van der Waals surface area contributed by atoms with Crippen LogP contribution in [0, 0.1) is 0 Å². The number of carbonyl (C=O) groups excluding carboxylic acids is 1. The molecule has 1 unspecified atom stereocenters. The molecule has 1 aromatic heterocycles. The molecule has 0 aliphatic heterocycles. The van der Waals surface area contributed by atoms with Crippen LogP contribution in [-0.2, 0) is 0 Å². The monoisotopic (exact) mass is 372 g/mol. The molecular formula is C15H18Cl2N4OS. The minimum atomic E-state index is -0.195. The van der Waals surface area contributed by atoms with Gasteiger partial charge in [-0.05, 0) is 31.2 Å². The molecule has 0 aliphatic carbocycles. The standard InChI is InChI=1S/C15H17ClN4OS.ClH/c1-10(9-17)20(2)15(21)12-7-8-14(19-18-12)22-13-6-4-3-5-11(13)16;/h3-8,10H,9,17H2,1-2H3;1H. The summed E-state index contributed by atoms with van der Waals surface area (Å²) >= 11 is 7.51. The molecule has 0 aliphatic rings. The van der Waals surface area contributed by atoms with Gasteiger partial charge in [0.05, 0.1) is 5.02 Å². The number of nitrogens with two attached hydrogens (primary N) is 1. The van der Waals surface area contributed by atoms with E-state index in [9.17, 15) is 4.79 Å². The molecule has 1 amide bonds. The minimum absolute atomic E-state index is 0. The van der Waals surface area contributed by atoms with Gasteiger partial charge in [0.15, 0.2) is 5.69 Å². The predicted octanol–water partition coefficient (Wildman–Crippen LogP) is 3.12. The number of aromatic nitrogens is 2. The van der Waals surface area contributed by atoms with Gasteiger partial charge < -0.3 is 10.6 Å². The fraction of sp³-hybridized carbons (Fsp3) is 0.267. The van der Waals surface area contributed by atoms with Crippen molar-refractivity contribution >= 4 is 41.7 Å². The van der Waals surface area contributed by atoms with Gasteiger partial charge in [0.2, 0.25) is 0 Å². The van der Waals surface area contributed by atoms with Crippen molar-refractivity contribution in [1.82, 2.24) is 15.1 Å². The fourth-order valence-corrected chi connectivity index (χ4v) is 2.67. The molecule has 8 heteroatoms. The van der Waals surface area contributed by atoms with Crippen molar-refractivity contribution in [1.29, 1.82) is 0 Å². The van der Waals surface area contributed by atoms with Crippen LogP contribution in [0.15, 0.2) is 46.3 Å². The van der Waals surface area contributed by atoms with Crippen LogP contribution < -0.4 is 5.73 Å². The van der Waals surface area contributed by atoms with Crippen molar-refractivity contribution in [3.05, 3.63) is 47.1 Å². The molecule has 2 aromatic rings. The number of carbonyl (C=O) groups is 1. The molecule has 23 heavy (non-hydrogen) atoms. The van der Waals surface area contributed by atoms with E-state index in [1.54, 1.807) is 24.1 Å². The highest BCUT2D eigenvalue weighted by Gasteiger charge is 2.18. The minimum Gasteiger partial charge on any atom is -0.336 e. The second-order valence-electron chi connectivity index (χ2n) is 4.79. The van der Waals surface area contributed by atoms with E-state index in [2.05, 4.69) is 10.2 Å². The molecule has 1 atom stereocenters. The molecule has 0 bridgehead atoms. The van der Waals surface area contributed by atoms with Crippen LogP contribution >= 0.6 is 35.8 Å². The van der Waals surface area contributed by atoms with Crippen molar-refractivity contribution in [2.24, 2.45) is 5.73 Å². The van der Waals surface area contributed by atoms with E-state index in [-0.39, 0.29) is 24.4 Å². The van der Waals surface area contributed by atoms with Crippen molar-refractivity contribution in [3.63, 3.8) is 0 Å². The second-order valence-corrected chi connectivity index (χ2v) is 6.26. The summed E-state index contributed by atoms with van der Waals surface area (Å²) in [6.45, 7) is 2.28. The Balaban J connectivity index is 0.00000264. The lowest BCUT2D eigenvalue weighted by Gasteiger charge is -2.22. The van der Waals surface area contributed by atoms with E-state index in [0.29, 0.717) is 22.3 Å². The molecule has 0 saturated carbocycles. The lowest BCUT2D eigenvalue weighted by molar-refractivity contribution is 0.0741. The van der Waals surface area contributed by atoms with Crippen LogP contribution in [-0.4, -0.2) is 40.6 Å². The fourth-order valence-electron chi connectivity index (χ4n) is 1.67. The normalized spacial score (nSPS) is 11.5. The summed E-state index contributed by atoms with van der Waals surface area (Å²) in [5, 5.41) is 9.41. The zero-order chi connectivity index (χ0) is 16.1. The second kappa shape index (κ2) is 9.08. The van der Waals surface area contributed by atoms with Crippen LogP contribution in [0.1, 0.15) is 17.4 Å². The number of benzene rings is 1. The molecule has 0 fully saturated rings. The van der Waals surface area contributed by atoms with E-state index < -0.39 is 0 Å². The maximum atomic E-state index is 12.2. The van der Waals surface area contributed by atoms with Gasteiger partial charge in [-0.1, -0.05) is 35.5 Å². The van der Waals surface area contributed by atoms with Gasteiger partial charge in [-0.3, -0.25) is 4.79 Å². The predicted molar refractivity (Wildman–Crippen MR) is 95.5 cm³/mol. The highest BCUT2D eigenvalue weighted by molar-refractivity contribution is 7.99.